The molecule has 1 heterocycles. The van der Waals surface area contributed by atoms with Crippen molar-refractivity contribution < 1.29 is 32.2 Å². The number of carbonyl (C=O) groups excluding carboxylic acids is 2. The lowest BCUT2D eigenvalue weighted by molar-refractivity contribution is -0.143. The molecule has 0 saturated heterocycles. The Kier molecular flexibility index (Phi) is 9.35. The van der Waals surface area contributed by atoms with Gasteiger partial charge >= 0.3 is 12.1 Å². The van der Waals surface area contributed by atoms with Crippen LogP contribution in [0, 0.1) is 0 Å². The van der Waals surface area contributed by atoms with Crippen LogP contribution in [0.2, 0.25) is 0 Å². The predicted molar refractivity (Wildman–Crippen MR) is 132 cm³/mol. The first-order chi connectivity index (χ1) is 17.2. The van der Waals surface area contributed by atoms with Gasteiger partial charge in [-0.2, -0.15) is 24.9 Å². The SMILES string of the molecule is COC(=O)C(CCSC)NC(=O)c1ccc(COc2cccnc2)cc1-c1ccccc1C(F)(F)F. The molecule has 2 aromatic carbocycles. The van der Waals surface area contributed by atoms with Crippen molar-refractivity contribution in [1.29, 1.82) is 0 Å². The number of hydrogen-bond donors (Lipinski definition) is 1. The van der Waals surface area contributed by atoms with Crippen LogP contribution in [-0.4, -0.2) is 42.0 Å². The summed E-state index contributed by atoms with van der Waals surface area (Å²) in [5, 5.41) is 2.62. The summed E-state index contributed by atoms with van der Waals surface area (Å²) in [5.74, 6) is -0.241. The summed E-state index contributed by atoms with van der Waals surface area (Å²) in [6.45, 7) is 0.0489. The summed E-state index contributed by atoms with van der Waals surface area (Å²) in [6.07, 6.45) is 0.635. The Balaban J connectivity index is 2.02. The van der Waals surface area contributed by atoms with E-state index in [1.165, 1.54) is 55.4 Å². The van der Waals surface area contributed by atoms with Gasteiger partial charge in [0.2, 0.25) is 0 Å². The van der Waals surface area contributed by atoms with Gasteiger partial charge in [0.25, 0.3) is 5.91 Å². The molecule has 0 aliphatic carbocycles. The molecule has 0 radical (unpaired) electrons. The molecule has 0 saturated carbocycles. The molecule has 36 heavy (non-hydrogen) atoms. The molecule has 1 aromatic heterocycles. The van der Waals surface area contributed by atoms with Crippen LogP contribution < -0.4 is 10.1 Å². The minimum Gasteiger partial charge on any atom is -0.487 e. The summed E-state index contributed by atoms with van der Waals surface area (Å²) >= 11 is 1.49. The summed E-state index contributed by atoms with van der Waals surface area (Å²) in [4.78, 5) is 29.4. The molecule has 10 heteroatoms. The van der Waals surface area contributed by atoms with Crippen molar-refractivity contribution in [2.24, 2.45) is 0 Å². The number of benzene rings is 2. The number of rotatable bonds is 10. The number of aromatic nitrogens is 1. The minimum atomic E-state index is -4.64. The monoisotopic (exact) mass is 518 g/mol. The van der Waals surface area contributed by atoms with Crippen LogP contribution >= 0.6 is 11.8 Å². The van der Waals surface area contributed by atoms with Crippen LogP contribution in [0.1, 0.15) is 27.9 Å². The van der Waals surface area contributed by atoms with Crippen molar-refractivity contribution >= 4 is 23.6 Å². The number of hydrogen-bond acceptors (Lipinski definition) is 6. The summed E-state index contributed by atoms with van der Waals surface area (Å²) < 4.78 is 52.0. The molecule has 6 nitrogen and oxygen atoms in total. The van der Waals surface area contributed by atoms with Crippen molar-refractivity contribution in [3.05, 3.63) is 83.7 Å². The molecule has 0 fully saturated rings. The van der Waals surface area contributed by atoms with Crippen molar-refractivity contribution in [1.82, 2.24) is 10.3 Å². The van der Waals surface area contributed by atoms with Crippen LogP contribution in [-0.2, 0) is 22.3 Å². The Morgan fingerprint density at radius 1 is 1.08 bits per heavy atom. The quantitative estimate of drug-likeness (QED) is 0.364. The third kappa shape index (κ3) is 7.00. The molecule has 3 aromatic rings. The largest absolute Gasteiger partial charge is 0.487 e. The molecular formula is C26H25F3N2O4S. The molecular weight excluding hydrogens is 493 g/mol. The molecule has 1 atom stereocenters. The van der Waals surface area contributed by atoms with E-state index in [0.29, 0.717) is 23.5 Å². The van der Waals surface area contributed by atoms with E-state index >= 15 is 0 Å². The lowest BCUT2D eigenvalue weighted by Crippen LogP contribution is -2.42. The fraction of sp³-hybridized carbons (Fsp3) is 0.269. The van der Waals surface area contributed by atoms with Crippen molar-refractivity contribution in [2.75, 3.05) is 19.1 Å². The summed E-state index contributed by atoms with van der Waals surface area (Å²) in [5.41, 5.74) is -0.418. The van der Waals surface area contributed by atoms with Crippen LogP contribution in [0.3, 0.4) is 0 Å². The van der Waals surface area contributed by atoms with Gasteiger partial charge in [0.05, 0.1) is 18.9 Å². The highest BCUT2D eigenvalue weighted by molar-refractivity contribution is 7.98. The second-order valence-electron chi connectivity index (χ2n) is 7.73. The van der Waals surface area contributed by atoms with E-state index in [9.17, 15) is 22.8 Å². The van der Waals surface area contributed by atoms with E-state index in [2.05, 4.69) is 10.3 Å². The molecule has 0 bridgehead atoms. The number of halogens is 3. The highest BCUT2D eigenvalue weighted by Gasteiger charge is 2.34. The predicted octanol–water partition coefficient (Wildman–Crippen LogP) is 5.37. The van der Waals surface area contributed by atoms with Gasteiger partial charge < -0.3 is 14.8 Å². The van der Waals surface area contributed by atoms with Crippen LogP contribution in [0.25, 0.3) is 11.1 Å². The zero-order valence-corrected chi connectivity index (χ0v) is 20.5. The lowest BCUT2D eigenvalue weighted by Gasteiger charge is -2.20. The summed E-state index contributed by atoms with van der Waals surface area (Å²) in [6, 6.07) is 12.0. The molecule has 1 amide bonds. The molecule has 0 aliphatic heterocycles. The van der Waals surface area contributed by atoms with Gasteiger partial charge in [-0.3, -0.25) is 9.78 Å². The minimum absolute atomic E-state index is 0.00474. The van der Waals surface area contributed by atoms with E-state index in [1.807, 2.05) is 6.26 Å². The third-order valence-electron chi connectivity index (χ3n) is 5.29. The van der Waals surface area contributed by atoms with Crippen molar-refractivity contribution in [3.63, 3.8) is 0 Å². The van der Waals surface area contributed by atoms with Gasteiger partial charge in [0.1, 0.15) is 18.4 Å². The smallest absolute Gasteiger partial charge is 0.417 e. The van der Waals surface area contributed by atoms with Gasteiger partial charge in [-0.25, -0.2) is 4.79 Å². The number of thioether (sulfide) groups is 1. The van der Waals surface area contributed by atoms with Gasteiger partial charge in [0.15, 0.2) is 0 Å². The van der Waals surface area contributed by atoms with Crippen molar-refractivity contribution in [3.8, 4) is 16.9 Å². The zero-order valence-electron chi connectivity index (χ0n) is 19.7. The molecule has 0 aliphatic rings. The topological polar surface area (TPSA) is 77.5 Å². The number of carbonyl (C=O) groups is 2. The first-order valence-electron chi connectivity index (χ1n) is 10.9. The zero-order chi connectivity index (χ0) is 26.1. The van der Waals surface area contributed by atoms with Gasteiger partial charge in [-0.15, -0.1) is 0 Å². The Morgan fingerprint density at radius 2 is 1.86 bits per heavy atom. The molecule has 190 valence electrons. The fourth-order valence-electron chi connectivity index (χ4n) is 3.53. The van der Waals surface area contributed by atoms with Gasteiger partial charge in [-0.1, -0.05) is 24.3 Å². The maximum atomic E-state index is 13.8. The molecule has 1 unspecified atom stereocenters. The number of nitrogens with zero attached hydrogens (tertiary/aromatic N) is 1. The van der Waals surface area contributed by atoms with E-state index in [-0.39, 0.29) is 23.3 Å². The van der Waals surface area contributed by atoms with E-state index < -0.39 is 29.7 Å². The van der Waals surface area contributed by atoms with Crippen LogP contribution in [0.4, 0.5) is 13.2 Å². The number of amides is 1. The van der Waals surface area contributed by atoms with Gasteiger partial charge in [-0.05, 0) is 65.5 Å². The Hall–Kier alpha value is -3.53. The number of ether oxygens (including phenoxy) is 2. The number of pyridine rings is 1. The molecule has 1 N–H and O–H groups in total. The number of nitrogens with one attached hydrogen (secondary N) is 1. The molecule has 0 spiro atoms. The fourth-order valence-corrected chi connectivity index (χ4v) is 4.00. The van der Waals surface area contributed by atoms with Crippen LogP contribution in [0.15, 0.2) is 67.0 Å². The van der Waals surface area contributed by atoms with E-state index in [1.54, 1.807) is 24.4 Å². The first-order valence-corrected chi connectivity index (χ1v) is 12.3. The standard InChI is InChI=1S/C26H25F3N2O4S/c1-34-25(33)23(11-13-36-2)31-24(32)20-10-9-17(16-35-18-6-5-12-30-15-18)14-21(20)19-7-3-4-8-22(19)26(27,28)29/h3-10,12,14-15,23H,11,13,16H2,1-2H3,(H,31,32). The van der Waals surface area contributed by atoms with Crippen LogP contribution in [0.5, 0.6) is 5.75 Å². The average molecular weight is 519 g/mol. The second kappa shape index (κ2) is 12.4. The molecule has 3 rings (SSSR count). The first kappa shape index (κ1) is 27.1. The number of alkyl halides is 3. The summed E-state index contributed by atoms with van der Waals surface area (Å²) in [7, 11) is 1.21. The number of methoxy groups -OCH3 is 1. The second-order valence-corrected chi connectivity index (χ2v) is 8.72. The normalized spacial score (nSPS) is 12.0. The van der Waals surface area contributed by atoms with E-state index in [0.717, 1.165) is 6.07 Å². The number of esters is 1. The Bertz CT molecular complexity index is 1190. The highest BCUT2D eigenvalue weighted by atomic mass is 32.2. The maximum absolute atomic E-state index is 13.8. The maximum Gasteiger partial charge on any atom is 0.417 e. The van der Waals surface area contributed by atoms with E-state index in [4.69, 9.17) is 9.47 Å². The Morgan fingerprint density at radius 3 is 2.53 bits per heavy atom. The van der Waals surface area contributed by atoms with Gasteiger partial charge in [0, 0.05) is 11.8 Å². The highest BCUT2D eigenvalue weighted by Crippen LogP contribution is 2.38. The van der Waals surface area contributed by atoms with Crippen molar-refractivity contribution in [2.45, 2.75) is 25.2 Å². The Labute approximate surface area is 211 Å². The third-order valence-corrected chi connectivity index (χ3v) is 5.94. The average Bonchev–Trinajstić information content (AvgIpc) is 2.89. The lowest BCUT2D eigenvalue weighted by atomic mass is 9.93.